The molecular weight excluding hydrogens is 386 g/mol. The summed E-state index contributed by atoms with van der Waals surface area (Å²) in [4.78, 5) is 34.8. The van der Waals surface area contributed by atoms with Crippen molar-refractivity contribution in [1.82, 2.24) is 15.4 Å². The summed E-state index contributed by atoms with van der Waals surface area (Å²) in [6, 6.07) is 2.77. The van der Waals surface area contributed by atoms with Crippen LogP contribution >= 0.6 is 11.6 Å². The van der Waals surface area contributed by atoms with E-state index >= 15 is 0 Å². The van der Waals surface area contributed by atoms with Crippen LogP contribution in [0.15, 0.2) is 23.1 Å². The van der Waals surface area contributed by atoms with Crippen molar-refractivity contribution >= 4 is 39.5 Å². The van der Waals surface area contributed by atoms with Gasteiger partial charge in [0.25, 0.3) is 5.91 Å². The summed E-state index contributed by atoms with van der Waals surface area (Å²) in [7, 11) is -2.67. The zero-order chi connectivity index (χ0) is 20.1. The first-order chi connectivity index (χ1) is 11.9. The number of ether oxygens (including phenoxy) is 1. The summed E-state index contributed by atoms with van der Waals surface area (Å²) in [5, 5.41) is 4.43. The van der Waals surface area contributed by atoms with E-state index in [0.717, 1.165) is 6.07 Å². The number of rotatable bonds is 5. The fourth-order valence-corrected chi connectivity index (χ4v) is 2.94. The number of carbonyl (C=O) groups excluding carboxylic acids is 3. The molecule has 0 bridgehead atoms. The lowest BCUT2D eigenvalue weighted by atomic mass is 10.1. The van der Waals surface area contributed by atoms with E-state index in [0.29, 0.717) is 0 Å². The molecule has 144 valence electrons. The van der Waals surface area contributed by atoms with E-state index in [2.05, 4.69) is 10.0 Å². The van der Waals surface area contributed by atoms with Crippen LogP contribution < -0.4 is 15.4 Å². The Bertz CT molecular complexity index is 817. The Morgan fingerprint density at radius 2 is 1.81 bits per heavy atom. The van der Waals surface area contributed by atoms with E-state index in [9.17, 15) is 22.8 Å². The van der Waals surface area contributed by atoms with Crippen LogP contribution in [0.25, 0.3) is 0 Å². The Morgan fingerprint density at radius 3 is 2.35 bits per heavy atom. The summed E-state index contributed by atoms with van der Waals surface area (Å²) in [6.45, 7) is 4.48. The van der Waals surface area contributed by atoms with Crippen LogP contribution in [-0.2, 0) is 19.6 Å². The number of urea groups is 1. The second-order valence-electron chi connectivity index (χ2n) is 6.18. The molecule has 0 aliphatic heterocycles. The Kier molecular flexibility index (Phi) is 7.13. The van der Waals surface area contributed by atoms with E-state index in [1.54, 1.807) is 20.8 Å². The van der Waals surface area contributed by atoms with E-state index < -0.39 is 40.1 Å². The number of hydrogen-bond donors (Lipinski definition) is 3. The van der Waals surface area contributed by atoms with Crippen molar-refractivity contribution in [1.29, 1.82) is 0 Å². The van der Waals surface area contributed by atoms with Crippen LogP contribution in [0.1, 0.15) is 31.1 Å². The number of benzene rings is 1. The molecule has 0 fully saturated rings. The minimum absolute atomic E-state index is 0.0764. The Balaban J connectivity index is 2.73. The predicted octanol–water partition coefficient (Wildman–Crippen LogP) is 1.03. The van der Waals surface area contributed by atoms with E-state index in [-0.39, 0.29) is 15.5 Å². The molecule has 9 nitrogen and oxygen atoms in total. The normalized spacial score (nSPS) is 11.6. The Labute approximate surface area is 156 Å². The van der Waals surface area contributed by atoms with Gasteiger partial charge >= 0.3 is 12.0 Å². The second kappa shape index (κ2) is 8.47. The van der Waals surface area contributed by atoms with Gasteiger partial charge in [-0.15, -0.1) is 0 Å². The lowest BCUT2D eigenvalue weighted by molar-refractivity contribution is -0.123. The van der Waals surface area contributed by atoms with Crippen molar-refractivity contribution in [2.45, 2.75) is 31.2 Å². The zero-order valence-corrected chi connectivity index (χ0v) is 16.2. The van der Waals surface area contributed by atoms with Gasteiger partial charge in [-0.1, -0.05) is 11.6 Å². The average molecular weight is 406 g/mol. The van der Waals surface area contributed by atoms with Crippen LogP contribution in [0.3, 0.4) is 0 Å². The zero-order valence-electron chi connectivity index (χ0n) is 14.7. The average Bonchev–Trinajstić information content (AvgIpc) is 2.50. The van der Waals surface area contributed by atoms with Gasteiger partial charge in [-0.05, 0) is 46.0 Å². The summed E-state index contributed by atoms with van der Waals surface area (Å²) < 4.78 is 30.5. The monoisotopic (exact) mass is 405 g/mol. The largest absolute Gasteiger partial charge is 0.452 e. The molecule has 1 rings (SSSR count). The first kappa shape index (κ1) is 21.9. The third-order valence-corrected chi connectivity index (χ3v) is 4.70. The van der Waals surface area contributed by atoms with Crippen molar-refractivity contribution in [3.63, 3.8) is 0 Å². The lowest BCUT2D eigenvalue weighted by Gasteiger charge is -2.20. The fourth-order valence-electron chi connectivity index (χ4n) is 1.70. The highest BCUT2D eigenvalue weighted by atomic mass is 35.5. The summed E-state index contributed by atoms with van der Waals surface area (Å²) in [5.74, 6) is -1.78. The maximum atomic E-state index is 12.0. The van der Waals surface area contributed by atoms with Crippen LogP contribution in [0.4, 0.5) is 4.79 Å². The second-order valence-corrected chi connectivity index (χ2v) is 8.44. The van der Waals surface area contributed by atoms with Crippen LogP contribution in [0.2, 0.25) is 5.02 Å². The molecule has 1 aromatic rings. The number of sulfonamides is 1. The van der Waals surface area contributed by atoms with E-state index in [1.807, 2.05) is 5.32 Å². The molecule has 0 spiro atoms. The van der Waals surface area contributed by atoms with Crippen molar-refractivity contribution in [2.75, 3.05) is 13.7 Å². The van der Waals surface area contributed by atoms with Gasteiger partial charge in [0.05, 0.1) is 10.6 Å². The highest BCUT2D eigenvalue weighted by molar-refractivity contribution is 7.89. The molecule has 0 aliphatic rings. The van der Waals surface area contributed by atoms with Gasteiger partial charge in [-0.3, -0.25) is 10.1 Å². The highest BCUT2D eigenvalue weighted by Gasteiger charge is 2.20. The van der Waals surface area contributed by atoms with E-state index in [1.165, 1.54) is 19.2 Å². The third-order valence-electron chi connectivity index (χ3n) is 2.80. The molecule has 0 saturated heterocycles. The van der Waals surface area contributed by atoms with Gasteiger partial charge in [0, 0.05) is 5.54 Å². The minimum Gasteiger partial charge on any atom is -0.452 e. The standard InChI is InChI=1S/C15H20ClN3O6S/c1-15(2,3)19-14(22)18-12(20)8-25-13(21)9-5-6-10(16)11(7-9)26(23,24)17-4/h5-7,17H,8H2,1-4H3,(H2,18,19,20,22). The van der Waals surface area contributed by atoms with Gasteiger partial charge in [0.1, 0.15) is 4.90 Å². The number of halogens is 1. The van der Waals surface area contributed by atoms with Gasteiger partial charge in [-0.25, -0.2) is 22.7 Å². The molecular formula is C15H20ClN3O6S. The van der Waals surface area contributed by atoms with Crippen molar-refractivity contribution < 1.29 is 27.5 Å². The number of nitrogens with one attached hydrogen (secondary N) is 3. The molecule has 0 aliphatic carbocycles. The van der Waals surface area contributed by atoms with Gasteiger partial charge in [-0.2, -0.15) is 0 Å². The van der Waals surface area contributed by atoms with Gasteiger partial charge in [0.15, 0.2) is 6.61 Å². The molecule has 0 atom stereocenters. The smallest absolute Gasteiger partial charge is 0.338 e. The number of esters is 1. The summed E-state index contributed by atoms with van der Waals surface area (Å²) in [6.07, 6.45) is 0. The lowest BCUT2D eigenvalue weighted by Crippen LogP contribution is -2.49. The molecule has 0 heterocycles. The van der Waals surface area contributed by atoms with E-state index in [4.69, 9.17) is 16.3 Å². The number of amides is 3. The topological polar surface area (TPSA) is 131 Å². The first-order valence-corrected chi connectivity index (χ1v) is 9.24. The number of imide groups is 1. The maximum absolute atomic E-state index is 12.0. The maximum Gasteiger partial charge on any atom is 0.338 e. The molecule has 3 N–H and O–H groups in total. The molecule has 0 radical (unpaired) electrons. The fraction of sp³-hybridized carbons (Fsp3) is 0.400. The molecule has 0 aromatic heterocycles. The number of hydrogen-bond acceptors (Lipinski definition) is 6. The molecule has 3 amide bonds. The third kappa shape index (κ3) is 6.62. The van der Waals surface area contributed by atoms with Crippen molar-refractivity contribution in [3.05, 3.63) is 28.8 Å². The minimum atomic E-state index is -3.87. The highest BCUT2D eigenvalue weighted by Crippen LogP contribution is 2.22. The molecule has 0 unspecified atom stereocenters. The predicted molar refractivity (Wildman–Crippen MR) is 94.4 cm³/mol. The van der Waals surface area contributed by atoms with Crippen LogP contribution in [0.5, 0.6) is 0 Å². The SMILES string of the molecule is CNS(=O)(=O)c1cc(C(=O)OCC(=O)NC(=O)NC(C)(C)C)ccc1Cl. The van der Waals surface area contributed by atoms with Crippen molar-refractivity contribution in [3.8, 4) is 0 Å². The van der Waals surface area contributed by atoms with Crippen LogP contribution in [0, 0.1) is 0 Å². The molecule has 26 heavy (non-hydrogen) atoms. The molecule has 0 saturated carbocycles. The first-order valence-electron chi connectivity index (χ1n) is 7.38. The van der Waals surface area contributed by atoms with Crippen LogP contribution in [-0.4, -0.2) is 45.5 Å². The summed E-state index contributed by atoms with van der Waals surface area (Å²) >= 11 is 5.82. The quantitative estimate of drug-likeness (QED) is 0.627. The van der Waals surface area contributed by atoms with Crippen molar-refractivity contribution in [2.24, 2.45) is 0 Å². The molecule has 1 aromatic carbocycles. The summed E-state index contributed by atoms with van der Waals surface area (Å²) in [5.41, 5.74) is -0.658. The van der Waals surface area contributed by atoms with Gasteiger partial charge < -0.3 is 10.1 Å². The Morgan fingerprint density at radius 1 is 1.19 bits per heavy atom. The Hall–Kier alpha value is -2.17. The van der Waals surface area contributed by atoms with Gasteiger partial charge in [0.2, 0.25) is 10.0 Å². The number of carbonyl (C=O) groups is 3. The molecule has 11 heteroatoms.